The summed E-state index contributed by atoms with van der Waals surface area (Å²) in [7, 11) is 0. The number of nitrogens with zero attached hydrogens (tertiary/aromatic N) is 1. The first kappa shape index (κ1) is 22.3. The monoisotopic (exact) mass is 447 g/mol. The van der Waals surface area contributed by atoms with E-state index in [1.165, 1.54) is 11.1 Å². The smallest absolute Gasteiger partial charge is 0.303 e. The Bertz CT molecular complexity index is 1000. The fourth-order valence-corrected chi connectivity index (χ4v) is 5.62. The van der Waals surface area contributed by atoms with E-state index < -0.39 is 5.97 Å². The Balaban J connectivity index is 1.53. The van der Waals surface area contributed by atoms with Crippen LogP contribution in [-0.4, -0.2) is 36.5 Å². The molecule has 3 aromatic carbocycles. The zero-order valence-electron chi connectivity index (χ0n) is 18.4. The summed E-state index contributed by atoms with van der Waals surface area (Å²) in [6, 6.07) is 27.3. The van der Waals surface area contributed by atoms with E-state index in [-0.39, 0.29) is 11.2 Å². The fourth-order valence-electron chi connectivity index (χ4n) is 4.29. The number of carboxylic acid groups (broad SMARTS) is 1. The van der Waals surface area contributed by atoms with Crippen LogP contribution >= 0.6 is 11.8 Å². The second-order valence-electron chi connectivity index (χ2n) is 8.11. The van der Waals surface area contributed by atoms with Gasteiger partial charge >= 0.3 is 5.97 Å². The minimum atomic E-state index is -0.775. The topological polar surface area (TPSA) is 49.8 Å². The largest absolute Gasteiger partial charge is 0.490 e. The van der Waals surface area contributed by atoms with Crippen molar-refractivity contribution in [2.24, 2.45) is 0 Å². The Morgan fingerprint density at radius 1 is 1.00 bits per heavy atom. The summed E-state index contributed by atoms with van der Waals surface area (Å²) in [4.78, 5) is 13.5. The van der Waals surface area contributed by atoms with Crippen LogP contribution in [0.1, 0.15) is 30.0 Å². The molecule has 4 rings (SSSR count). The van der Waals surface area contributed by atoms with Crippen LogP contribution in [0.5, 0.6) is 5.75 Å². The quantitative estimate of drug-likeness (QED) is 0.463. The van der Waals surface area contributed by atoms with Crippen LogP contribution < -0.4 is 9.64 Å². The van der Waals surface area contributed by atoms with Crippen molar-refractivity contribution in [3.8, 4) is 5.75 Å². The van der Waals surface area contributed by atoms with Gasteiger partial charge in [-0.1, -0.05) is 72.8 Å². The molecule has 3 aromatic rings. The molecule has 0 saturated carbocycles. The third kappa shape index (κ3) is 4.94. The molecule has 0 aromatic heterocycles. The molecule has 0 fully saturated rings. The lowest BCUT2D eigenvalue weighted by Crippen LogP contribution is -2.36. The number of carboxylic acids is 1. The van der Waals surface area contributed by atoms with Gasteiger partial charge in [-0.25, -0.2) is 0 Å². The highest BCUT2D eigenvalue weighted by atomic mass is 32.2. The van der Waals surface area contributed by atoms with Crippen molar-refractivity contribution in [2.75, 3.05) is 30.3 Å². The molecular weight excluding hydrogens is 418 g/mol. The van der Waals surface area contributed by atoms with Crippen molar-refractivity contribution in [1.29, 1.82) is 0 Å². The normalized spacial score (nSPS) is 13.3. The first-order valence-corrected chi connectivity index (χ1v) is 12.0. The maximum Gasteiger partial charge on any atom is 0.303 e. The number of ether oxygens (including phenoxy) is 1. The summed E-state index contributed by atoms with van der Waals surface area (Å²) in [5, 5.41) is 9.14. The summed E-state index contributed by atoms with van der Waals surface area (Å²) in [5.41, 5.74) is 4.69. The van der Waals surface area contributed by atoms with Gasteiger partial charge < -0.3 is 14.7 Å². The molecule has 32 heavy (non-hydrogen) atoms. The third-order valence-corrected chi connectivity index (χ3v) is 7.46. The fraction of sp³-hybridized carbons (Fsp3) is 0.296. The average molecular weight is 448 g/mol. The molecule has 166 valence electrons. The molecule has 0 atom stereocenters. The van der Waals surface area contributed by atoms with Crippen molar-refractivity contribution in [3.05, 3.63) is 95.6 Å². The highest BCUT2D eigenvalue weighted by Crippen LogP contribution is 2.43. The minimum Gasteiger partial charge on any atom is -0.490 e. The van der Waals surface area contributed by atoms with Gasteiger partial charge in [0.15, 0.2) is 0 Å². The van der Waals surface area contributed by atoms with Gasteiger partial charge in [0, 0.05) is 18.7 Å². The van der Waals surface area contributed by atoms with E-state index in [4.69, 9.17) is 9.84 Å². The number of fused-ring (bicyclic) bond motifs is 1. The zero-order chi connectivity index (χ0) is 22.4. The third-order valence-electron chi connectivity index (χ3n) is 6.03. The van der Waals surface area contributed by atoms with Crippen LogP contribution in [0.25, 0.3) is 0 Å². The van der Waals surface area contributed by atoms with E-state index in [0.29, 0.717) is 13.0 Å². The predicted molar refractivity (Wildman–Crippen MR) is 132 cm³/mol. The lowest BCUT2D eigenvalue weighted by atomic mass is 9.92. The molecule has 0 bridgehead atoms. The maximum atomic E-state index is 11.1. The lowest BCUT2D eigenvalue weighted by Gasteiger charge is -2.35. The highest BCUT2D eigenvalue weighted by Gasteiger charge is 2.30. The lowest BCUT2D eigenvalue weighted by molar-refractivity contribution is -0.136. The second kappa shape index (κ2) is 10.1. The van der Waals surface area contributed by atoms with Crippen LogP contribution in [0.15, 0.2) is 78.9 Å². The number of hydrogen-bond donors (Lipinski definition) is 1. The molecule has 0 aliphatic carbocycles. The molecule has 5 heteroatoms. The number of hydrogen-bond acceptors (Lipinski definition) is 4. The first-order chi connectivity index (χ1) is 15.6. The van der Waals surface area contributed by atoms with Crippen LogP contribution in [0, 0.1) is 0 Å². The minimum absolute atomic E-state index is 0.124. The van der Waals surface area contributed by atoms with Crippen molar-refractivity contribution in [3.63, 3.8) is 0 Å². The highest BCUT2D eigenvalue weighted by molar-refractivity contribution is 8.00. The van der Waals surface area contributed by atoms with E-state index in [1.54, 1.807) is 0 Å². The molecule has 1 aliphatic heterocycles. The van der Waals surface area contributed by atoms with Gasteiger partial charge in [-0.15, -0.1) is 11.8 Å². The van der Waals surface area contributed by atoms with Gasteiger partial charge in [-0.05, 0) is 36.1 Å². The van der Waals surface area contributed by atoms with E-state index in [9.17, 15) is 4.79 Å². The molecular formula is C27H29NO3S. The summed E-state index contributed by atoms with van der Waals surface area (Å²) in [5.74, 6) is 1.02. The maximum absolute atomic E-state index is 11.1. The van der Waals surface area contributed by atoms with E-state index >= 15 is 0 Å². The number of aliphatic carboxylic acids is 1. The Morgan fingerprint density at radius 3 is 2.28 bits per heavy atom. The summed E-state index contributed by atoms with van der Waals surface area (Å²) >= 11 is 1.95. The van der Waals surface area contributed by atoms with E-state index in [1.807, 2.05) is 30.0 Å². The molecule has 0 unspecified atom stereocenters. The SMILES string of the molecule is CC(SCCN1CCOc2cccc(CCC(=O)O)c21)(c1ccccc1)c1ccccc1. The van der Waals surface area contributed by atoms with Crippen molar-refractivity contribution < 1.29 is 14.6 Å². The standard InChI is InChI=1S/C27H29NO3S/c1-27(22-10-4-2-5-11-22,23-12-6-3-7-13-23)32-20-18-28-17-19-31-24-14-8-9-21(26(24)28)15-16-25(29)30/h2-14H,15-20H2,1H3,(H,29,30). The van der Waals surface area contributed by atoms with Gasteiger partial charge in [0.2, 0.25) is 0 Å². The summed E-state index contributed by atoms with van der Waals surface area (Å²) < 4.78 is 5.74. The van der Waals surface area contributed by atoms with Gasteiger partial charge in [0.25, 0.3) is 0 Å². The van der Waals surface area contributed by atoms with Crippen LogP contribution in [0.4, 0.5) is 5.69 Å². The predicted octanol–water partition coefficient (Wildman–Crippen LogP) is 5.60. The Labute approximate surface area is 194 Å². The van der Waals surface area contributed by atoms with Crippen molar-refractivity contribution >= 4 is 23.4 Å². The molecule has 0 saturated heterocycles. The Hall–Kier alpha value is -2.92. The van der Waals surface area contributed by atoms with Crippen molar-refractivity contribution in [1.82, 2.24) is 0 Å². The number of anilines is 1. The molecule has 4 nitrogen and oxygen atoms in total. The number of rotatable bonds is 9. The number of aryl methyl sites for hydroxylation is 1. The molecule has 1 heterocycles. The van der Waals surface area contributed by atoms with Gasteiger partial charge in [0.1, 0.15) is 12.4 Å². The Morgan fingerprint density at radius 2 is 1.66 bits per heavy atom. The summed E-state index contributed by atoms with van der Waals surface area (Å²) in [6.07, 6.45) is 0.635. The number of benzene rings is 3. The Kier molecular flexibility index (Phi) is 7.05. The van der Waals surface area contributed by atoms with Crippen LogP contribution in [0.3, 0.4) is 0 Å². The average Bonchev–Trinajstić information content (AvgIpc) is 2.83. The molecule has 0 spiro atoms. The van der Waals surface area contributed by atoms with Gasteiger partial charge in [0.05, 0.1) is 17.0 Å². The van der Waals surface area contributed by atoms with Crippen molar-refractivity contribution in [2.45, 2.75) is 24.5 Å². The summed E-state index contributed by atoms with van der Waals surface area (Å²) in [6.45, 7) is 4.63. The van der Waals surface area contributed by atoms with Gasteiger partial charge in [-0.2, -0.15) is 0 Å². The number of carbonyl (C=O) groups is 1. The van der Waals surface area contributed by atoms with E-state index in [2.05, 4.69) is 72.5 Å². The first-order valence-electron chi connectivity index (χ1n) is 11.0. The van der Waals surface area contributed by atoms with Gasteiger partial charge in [-0.3, -0.25) is 4.79 Å². The second-order valence-corrected chi connectivity index (χ2v) is 9.62. The molecule has 1 N–H and O–H groups in total. The molecule has 1 aliphatic rings. The zero-order valence-corrected chi connectivity index (χ0v) is 19.2. The molecule has 0 radical (unpaired) electrons. The van der Waals surface area contributed by atoms with E-state index in [0.717, 1.165) is 35.8 Å². The number of para-hydroxylation sites is 1. The van der Waals surface area contributed by atoms with Crippen LogP contribution in [-0.2, 0) is 16.0 Å². The molecule has 0 amide bonds. The van der Waals surface area contributed by atoms with Crippen LogP contribution in [0.2, 0.25) is 0 Å². The number of thioether (sulfide) groups is 1.